The summed E-state index contributed by atoms with van der Waals surface area (Å²) in [6.45, 7) is 0. The molecule has 1 nitrogen and oxygen atoms in total. The number of hydrogen-bond acceptors (Lipinski definition) is 1. The summed E-state index contributed by atoms with van der Waals surface area (Å²) in [5.74, 6) is 0. The van der Waals surface area contributed by atoms with Crippen LogP contribution in [0.25, 0.3) is 33.0 Å². The minimum absolute atomic E-state index is 0.426. The largest absolute Gasteiger partial charge is 0.310 e. The van der Waals surface area contributed by atoms with Gasteiger partial charge in [-0.15, -0.1) is 0 Å². The highest BCUT2D eigenvalue weighted by Crippen LogP contribution is 2.58. The number of rotatable bonds is 6. The molecule has 8 aromatic rings. The van der Waals surface area contributed by atoms with E-state index in [1.165, 1.54) is 55.3 Å². The first-order chi connectivity index (χ1) is 23.8. The standard InChI is InChI=1S/C47H33N/c1-5-16-34(17-6-1)35-28-30-39(31-29-35)48(38-22-11-4-12-23-38)45-27-15-25-41-40(45)32-33-44-46(41)42-24-13-14-26-43(42)47(44,36-18-7-2-8-19-36)37-20-9-3-10-21-37/h1-33H. The summed E-state index contributed by atoms with van der Waals surface area (Å²) < 4.78 is 0. The van der Waals surface area contributed by atoms with Crippen molar-refractivity contribution in [3.8, 4) is 22.3 Å². The van der Waals surface area contributed by atoms with Crippen LogP contribution in [0.3, 0.4) is 0 Å². The second-order valence-corrected chi connectivity index (χ2v) is 12.5. The van der Waals surface area contributed by atoms with Crippen LogP contribution in [-0.2, 0) is 5.41 Å². The highest BCUT2D eigenvalue weighted by atomic mass is 15.1. The van der Waals surface area contributed by atoms with Crippen molar-refractivity contribution in [3.63, 3.8) is 0 Å². The monoisotopic (exact) mass is 611 g/mol. The van der Waals surface area contributed by atoms with Gasteiger partial charge in [-0.25, -0.2) is 0 Å². The molecule has 0 saturated heterocycles. The van der Waals surface area contributed by atoms with Crippen LogP contribution in [0.4, 0.5) is 17.1 Å². The van der Waals surface area contributed by atoms with Crippen molar-refractivity contribution in [2.75, 3.05) is 4.90 Å². The molecule has 226 valence electrons. The molecule has 0 spiro atoms. The van der Waals surface area contributed by atoms with Gasteiger partial charge in [-0.1, -0.05) is 170 Å². The van der Waals surface area contributed by atoms with Crippen molar-refractivity contribution in [2.45, 2.75) is 5.41 Å². The Balaban J connectivity index is 1.30. The molecule has 0 bridgehead atoms. The Hall–Kier alpha value is -6.18. The van der Waals surface area contributed by atoms with Crippen LogP contribution in [0, 0.1) is 0 Å². The van der Waals surface area contributed by atoms with Crippen molar-refractivity contribution < 1.29 is 0 Å². The molecule has 9 rings (SSSR count). The minimum atomic E-state index is -0.426. The lowest BCUT2D eigenvalue weighted by atomic mass is 9.67. The topological polar surface area (TPSA) is 3.24 Å². The first kappa shape index (κ1) is 28.1. The van der Waals surface area contributed by atoms with Gasteiger partial charge in [0.25, 0.3) is 0 Å². The fraction of sp³-hybridized carbons (Fsp3) is 0.0213. The lowest BCUT2D eigenvalue weighted by Crippen LogP contribution is -2.28. The molecule has 0 amide bonds. The summed E-state index contributed by atoms with van der Waals surface area (Å²) in [4.78, 5) is 2.39. The predicted octanol–water partition coefficient (Wildman–Crippen LogP) is 12.3. The molecule has 1 aliphatic carbocycles. The predicted molar refractivity (Wildman–Crippen MR) is 201 cm³/mol. The van der Waals surface area contributed by atoms with Gasteiger partial charge in [0.1, 0.15) is 0 Å². The Bertz CT molecular complexity index is 2320. The van der Waals surface area contributed by atoms with Crippen LogP contribution in [0.2, 0.25) is 0 Å². The van der Waals surface area contributed by atoms with Crippen molar-refractivity contribution in [3.05, 3.63) is 222 Å². The quantitative estimate of drug-likeness (QED) is 0.181. The van der Waals surface area contributed by atoms with Crippen molar-refractivity contribution in [1.82, 2.24) is 0 Å². The van der Waals surface area contributed by atoms with Gasteiger partial charge in [0.15, 0.2) is 0 Å². The molecule has 0 aromatic heterocycles. The Morgan fingerprint density at radius 3 is 1.54 bits per heavy atom. The average Bonchev–Trinajstić information content (AvgIpc) is 3.48. The number of nitrogens with zero attached hydrogens (tertiary/aromatic N) is 1. The van der Waals surface area contributed by atoms with Gasteiger partial charge in [0.05, 0.1) is 11.1 Å². The molecule has 0 saturated carbocycles. The van der Waals surface area contributed by atoms with Gasteiger partial charge in [-0.05, 0) is 80.2 Å². The second kappa shape index (κ2) is 11.6. The molecule has 8 aromatic carbocycles. The third-order valence-corrected chi connectivity index (χ3v) is 9.94. The zero-order chi connectivity index (χ0) is 31.9. The maximum Gasteiger partial charge on any atom is 0.0713 e. The summed E-state index contributed by atoms with van der Waals surface area (Å²) in [6, 6.07) is 72.8. The fourth-order valence-corrected chi connectivity index (χ4v) is 7.91. The van der Waals surface area contributed by atoms with Crippen molar-refractivity contribution in [1.29, 1.82) is 0 Å². The maximum absolute atomic E-state index is 2.39. The van der Waals surface area contributed by atoms with E-state index < -0.39 is 5.41 Å². The van der Waals surface area contributed by atoms with Crippen LogP contribution in [0.1, 0.15) is 22.3 Å². The zero-order valence-electron chi connectivity index (χ0n) is 26.5. The van der Waals surface area contributed by atoms with E-state index in [0.717, 1.165) is 17.1 Å². The third kappa shape index (κ3) is 4.32. The third-order valence-electron chi connectivity index (χ3n) is 9.94. The van der Waals surface area contributed by atoms with Crippen LogP contribution in [0.15, 0.2) is 200 Å². The van der Waals surface area contributed by atoms with E-state index in [9.17, 15) is 0 Å². The molecule has 1 aliphatic rings. The molecule has 0 radical (unpaired) electrons. The molecule has 1 heteroatoms. The smallest absolute Gasteiger partial charge is 0.0713 e. The molecule has 0 atom stereocenters. The molecule has 0 unspecified atom stereocenters. The van der Waals surface area contributed by atoms with E-state index >= 15 is 0 Å². The minimum Gasteiger partial charge on any atom is -0.310 e. The Labute approximate surface area is 282 Å². The van der Waals surface area contributed by atoms with E-state index in [4.69, 9.17) is 0 Å². The Morgan fingerprint density at radius 1 is 0.333 bits per heavy atom. The summed E-state index contributed by atoms with van der Waals surface area (Å²) in [7, 11) is 0. The molecule has 0 N–H and O–H groups in total. The molecular formula is C47H33N. The number of anilines is 3. The van der Waals surface area contributed by atoms with E-state index in [0.29, 0.717) is 0 Å². The van der Waals surface area contributed by atoms with Gasteiger partial charge in [-0.3, -0.25) is 0 Å². The van der Waals surface area contributed by atoms with Crippen LogP contribution in [-0.4, -0.2) is 0 Å². The Kier molecular flexibility index (Phi) is 6.76. The molecule has 0 heterocycles. The summed E-state index contributed by atoms with van der Waals surface area (Å²) in [6.07, 6.45) is 0. The van der Waals surface area contributed by atoms with E-state index in [2.05, 4.69) is 205 Å². The molecule has 0 fully saturated rings. The molecular weight excluding hydrogens is 579 g/mol. The van der Waals surface area contributed by atoms with Gasteiger partial charge in [0.2, 0.25) is 0 Å². The number of benzene rings is 8. The number of hydrogen-bond donors (Lipinski definition) is 0. The van der Waals surface area contributed by atoms with E-state index in [-0.39, 0.29) is 0 Å². The average molecular weight is 612 g/mol. The van der Waals surface area contributed by atoms with Crippen molar-refractivity contribution >= 4 is 27.8 Å². The summed E-state index contributed by atoms with van der Waals surface area (Å²) >= 11 is 0. The number of para-hydroxylation sites is 1. The SMILES string of the molecule is c1ccc(-c2ccc(N(c3ccccc3)c3cccc4c5c(ccc34)C(c3ccccc3)(c3ccccc3)c3ccccc3-5)cc2)cc1. The van der Waals surface area contributed by atoms with E-state index in [1.807, 2.05) is 0 Å². The van der Waals surface area contributed by atoms with Gasteiger partial charge in [-0.2, -0.15) is 0 Å². The lowest BCUT2D eigenvalue weighted by Gasteiger charge is -2.34. The normalized spacial score (nSPS) is 12.8. The lowest BCUT2D eigenvalue weighted by molar-refractivity contribution is 0.769. The van der Waals surface area contributed by atoms with Gasteiger partial charge >= 0.3 is 0 Å². The van der Waals surface area contributed by atoms with Crippen molar-refractivity contribution in [2.24, 2.45) is 0 Å². The van der Waals surface area contributed by atoms with Crippen LogP contribution >= 0.6 is 0 Å². The maximum atomic E-state index is 2.39. The molecule has 48 heavy (non-hydrogen) atoms. The van der Waals surface area contributed by atoms with Gasteiger partial charge < -0.3 is 4.90 Å². The van der Waals surface area contributed by atoms with Gasteiger partial charge in [0, 0.05) is 16.8 Å². The highest BCUT2D eigenvalue weighted by molar-refractivity contribution is 6.09. The van der Waals surface area contributed by atoms with Crippen LogP contribution in [0.5, 0.6) is 0 Å². The molecule has 0 aliphatic heterocycles. The van der Waals surface area contributed by atoms with E-state index in [1.54, 1.807) is 0 Å². The Morgan fingerprint density at radius 2 is 0.875 bits per heavy atom. The second-order valence-electron chi connectivity index (χ2n) is 12.5. The van der Waals surface area contributed by atoms with Crippen LogP contribution < -0.4 is 4.90 Å². The summed E-state index contributed by atoms with van der Waals surface area (Å²) in [5, 5.41) is 2.48. The first-order valence-electron chi connectivity index (χ1n) is 16.6. The number of fused-ring (bicyclic) bond motifs is 5. The summed E-state index contributed by atoms with van der Waals surface area (Å²) in [5.41, 5.74) is 13.2. The first-order valence-corrected chi connectivity index (χ1v) is 16.6. The zero-order valence-corrected chi connectivity index (χ0v) is 26.5. The highest BCUT2D eigenvalue weighted by Gasteiger charge is 2.46. The fourth-order valence-electron chi connectivity index (χ4n) is 7.91.